The summed E-state index contributed by atoms with van der Waals surface area (Å²) in [5, 5.41) is 0. The molecular formula is C15H11BrF2O. The van der Waals surface area contributed by atoms with Crippen molar-refractivity contribution >= 4 is 21.5 Å². The SMILES string of the molecule is C=C(c1cccc(Br)c1)c1ccc(F)c(OC)c1F. The van der Waals surface area contributed by atoms with E-state index in [9.17, 15) is 8.78 Å². The van der Waals surface area contributed by atoms with Crippen molar-refractivity contribution in [1.29, 1.82) is 0 Å². The zero-order valence-corrected chi connectivity index (χ0v) is 11.8. The van der Waals surface area contributed by atoms with Crippen LogP contribution in [0.5, 0.6) is 5.75 Å². The second kappa shape index (κ2) is 5.53. The van der Waals surface area contributed by atoms with E-state index in [1.54, 1.807) is 0 Å². The lowest BCUT2D eigenvalue weighted by Gasteiger charge is -2.11. The molecule has 0 atom stereocenters. The molecule has 0 amide bonds. The van der Waals surface area contributed by atoms with Gasteiger partial charge in [0.15, 0.2) is 17.4 Å². The van der Waals surface area contributed by atoms with Gasteiger partial charge < -0.3 is 4.74 Å². The maximum Gasteiger partial charge on any atom is 0.191 e. The average molecular weight is 325 g/mol. The first-order chi connectivity index (χ1) is 9.04. The Hall–Kier alpha value is -1.68. The van der Waals surface area contributed by atoms with E-state index in [2.05, 4.69) is 22.5 Å². The highest BCUT2D eigenvalue weighted by molar-refractivity contribution is 9.10. The minimum Gasteiger partial charge on any atom is -0.491 e. The molecule has 0 aliphatic carbocycles. The van der Waals surface area contributed by atoms with Gasteiger partial charge in [-0.3, -0.25) is 0 Å². The van der Waals surface area contributed by atoms with Gasteiger partial charge in [0, 0.05) is 10.0 Å². The van der Waals surface area contributed by atoms with E-state index in [-0.39, 0.29) is 5.56 Å². The number of methoxy groups -OCH3 is 1. The molecule has 0 heterocycles. The van der Waals surface area contributed by atoms with Crippen molar-refractivity contribution in [2.24, 2.45) is 0 Å². The van der Waals surface area contributed by atoms with E-state index in [0.717, 1.165) is 10.0 Å². The van der Waals surface area contributed by atoms with Crippen LogP contribution in [0.25, 0.3) is 5.57 Å². The molecule has 1 nitrogen and oxygen atoms in total. The molecule has 2 rings (SSSR count). The zero-order chi connectivity index (χ0) is 14.0. The molecule has 0 aliphatic rings. The highest BCUT2D eigenvalue weighted by Gasteiger charge is 2.16. The minimum absolute atomic E-state index is 0.219. The van der Waals surface area contributed by atoms with Crippen LogP contribution in [-0.2, 0) is 0 Å². The molecule has 19 heavy (non-hydrogen) atoms. The lowest BCUT2D eigenvalue weighted by Crippen LogP contribution is -1.98. The summed E-state index contributed by atoms with van der Waals surface area (Å²) in [6.45, 7) is 3.86. The Balaban J connectivity index is 2.51. The third kappa shape index (κ3) is 2.68. The Morgan fingerprint density at radius 2 is 1.95 bits per heavy atom. The molecule has 2 aromatic rings. The molecular weight excluding hydrogens is 314 g/mol. The normalized spacial score (nSPS) is 10.3. The van der Waals surface area contributed by atoms with Crippen LogP contribution in [0.4, 0.5) is 8.78 Å². The maximum absolute atomic E-state index is 14.1. The van der Waals surface area contributed by atoms with Crippen molar-refractivity contribution in [2.75, 3.05) is 7.11 Å². The smallest absolute Gasteiger partial charge is 0.191 e. The predicted molar refractivity (Wildman–Crippen MR) is 75.2 cm³/mol. The quantitative estimate of drug-likeness (QED) is 0.788. The topological polar surface area (TPSA) is 9.23 Å². The summed E-state index contributed by atoms with van der Waals surface area (Å²) in [6.07, 6.45) is 0. The molecule has 0 saturated carbocycles. The van der Waals surface area contributed by atoms with Crippen LogP contribution in [0.2, 0.25) is 0 Å². The zero-order valence-electron chi connectivity index (χ0n) is 10.2. The van der Waals surface area contributed by atoms with Gasteiger partial charge in [-0.25, -0.2) is 8.78 Å². The van der Waals surface area contributed by atoms with Gasteiger partial charge in [-0.1, -0.05) is 34.6 Å². The average Bonchev–Trinajstić information content (AvgIpc) is 2.39. The van der Waals surface area contributed by atoms with Gasteiger partial charge in [-0.15, -0.1) is 0 Å². The Morgan fingerprint density at radius 3 is 2.58 bits per heavy atom. The van der Waals surface area contributed by atoms with E-state index in [1.807, 2.05) is 24.3 Å². The van der Waals surface area contributed by atoms with Crippen LogP contribution in [0.3, 0.4) is 0 Å². The summed E-state index contributed by atoms with van der Waals surface area (Å²) in [5.41, 5.74) is 1.44. The summed E-state index contributed by atoms with van der Waals surface area (Å²) < 4.78 is 33.1. The molecule has 98 valence electrons. The van der Waals surface area contributed by atoms with Crippen LogP contribution >= 0.6 is 15.9 Å². The second-order valence-electron chi connectivity index (χ2n) is 3.93. The number of hydrogen-bond acceptors (Lipinski definition) is 1. The maximum atomic E-state index is 14.1. The van der Waals surface area contributed by atoms with Crippen LogP contribution in [-0.4, -0.2) is 7.11 Å². The Morgan fingerprint density at radius 1 is 1.21 bits per heavy atom. The summed E-state index contributed by atoms with van der Waals surface area (Å²) in [7, 11) is 1.23. The predicted octanol–water partition coefficient (Wildman–Crippen LogP) is 4.80. The summed E-state index contributed by atoms with van der Waals surface area (Å²) in [4.78, 5) is 0. The summed E-state index contributed by atoms with van der Waals surface area (Å²) in [6, 6.07) is 9.83. The number of benzene rings is 2. The third-order valence-electron chi connectivity index (χ3n) is 2.75. The van der Waals surface area contributed by atoms with Gasteiger partial charge in [0.25, 0.3) is 0 Å². The Labute approximate surface area is 118 Å². The highest BCUT2D eigenvalue weighted by Crippen LogP contribution is 2.31. The Kier molecular flexibility index (Phi) is 4.00. The molecule has 0 bridgehead atoms. The molecule has 0 fully saturated rings. The van der Waals surface area contributed by atoms with Crippen molar-refractivity contribution in [3.63, 3.8) is 0 Å². The first-order valence-corrected chi connectivity index (χ1v) is 6.31. The monoisotopic (exact) mass is 324 g/mol. The van der Waals surface area contributed by atoms with Crippen LogP contribution < -0.4 is 4.74 Å². The van der Waals surface area contributed by atoms with Gasteiger partial charge in [0.1, 0.15) is 0 Å². The molecule has 0 aliphatic heterocycles. The summed E-state index contributed by atoms with van der Waals surface area (Å²) in [5.74, 6) is -1.87. The van der Waals surface area contributed by atoms with Crippen LogP contribution in [0.1, 0.15) is 11.1 Å². The first kappa shape index (κ1) is 13.7. The Bertz CT molecular complexity index is 638. The van der Waals surface area contributed by atoms with Gasteiger partial charge in [0.05, 0.1) is 7.11 Å². The van der Waals surface area contributed by atoms with Crippen molar-refractivity contribution in [2.45, 2.75) is 0 Å². The molecule has 4 heteroatoms. The van der Waals surface area contributed by atoms with Gasteiger partial charge in [0.2, 0.25) is 0 Å². The van der Waals surface area contributed by atoms with E-state index < -0.39 is 17.4 Å². The number of ether oxygens (including phenoxy) is 1. The van der Waals surface area contributed by atoms with E-state index in [1.165, 1.54) is 19.2 Å². The molecule has 2 aromatic carbocycles. The largest absolute Gasteiger partial charge is 0.491 e. The van der Waals surface area contributed by atoms with Crippen molar-refractivity contribution in [3.8, 4) is 5.75 Å². The molecule has 0 aromatic heterocycles. The lowest BCUT2D eigenvalue weighted by molar-refractivity contribution is 0.359. The number of rotatable bonds is 3. The fourth-order valence-electron chi connectivity index (χ4n) is 1.78. The van der Waals surface area contributed by atoms with Crippen LogP contribution in [0, 0.1) is 11.6 Å². The van der Waals surface area contributed by atoms with Gasteiger partial charge in [-0.05, 0) is 35.4 Å². The minimum atomic E-state index is -0.743. The van der Waals surface area contributed by atoms with Crippen molar-refractivity contribution in [3.05, 3.63) is 70.2 Å². The fourth-order valence-corrected chi connectivity index (χ4v) is 2.18. The first-order valence-electron chi connectivity index (χ1n) is 5.51. The fraction of sp³-hybridized carbons (Fsp3) is 0.0667. The van der Waals surface area contributed by atoms with Crippen molar-refractivity contribution < 1.29 is 13.5 Å². The van der Waals surface area contributed by atoms with Crippen LogP contribution in [0.15, 0.2) is 47.4 Å². The second-order valence-corrected chi connectivity index (χ2v) is 4.85. The highest BCUT2D eigenvalue weighted by atomic mass is 79.9. The molecule has 0 spiro atoms. The van der Waals surface area contributed by atoms with Gasteiger partial charge in [-0.2, -0.15) is 0 Å². The number of hydrogen-bond donors (Lipinski definition) is 0. The van der Waals surface area contributed by atoms with Gasteiger partial charge >= 0.3 is 0 Å². The molecule has 0 radical (unpaired) electrons. The van der Waals surface area contributed by atoms with E-state index in [4.69, 9.17) is 4.74 Å². The molecule has 0 unspecified atom stereocenters. The summed E-state index contributed by atoms with van der Waals surface area (Å²) >= 11 is 3.34. The molecule has 0 N–H and O–H groups in total. The van der Waals surface area contributed by atoms with Crippen molar-refractivity contribution in [1.82, 2.24) is 0 Å². The lowest BCUT2D eigenvalue weighted by atomic mass is 9.99. The van der Waals surface area contributed by atoms with E-state index >= 15 is 0 Å². The van der Waals surface area contributed by atoms with E-state index in [0.29, 0.717) is 5.57 Å². The molecule has 0 saturated heterocycles. The third-order valence-corrected chi connectivity index (χ3v) is 3.24. The number of halogens is 3. The standard InChI is InChI=1S/C15H11BrF2O/c1-9(10-4-3-5-11(16)8-10)12-6-7-13(17)15(19-2)14(12)18/h3-8H,1H2,2H3.